The highest BCUT2D eigenvalue weighted by Crippen LogP contribution is 2.50. The van der Waals surface area contributed by atoms with Crippen LogP contribution in [0.4, 0.5) is 13.6 Å². The molecule has 8 nitrogen and oxygen atoms in total. The topological polar surface area (TPSA) is 95.1 Å². The lowest BCUT2D eigenvalue weighted by Crippen LogP contribution is -2.51. The van der Waals surface area contributed by atoms with E-state index in [1.54, 1.807) is 20.8 Å². The first kappa shape index (κ1) is 28.3. The Hall–Kier alpha value is -3.25. The van der Waals surface area contributed by atoms with Crippen molar-refractivity contribution in [2.24, 2.45) is 5.10 Å². The molecular weight excluding hydrogens is 520 g/mol. The Morgan fingerprint density at radius 1 is 1.14 bits per heavy atom. The van der Waals surface area contributed by atoms with Crippen LogP contribution in [-0.2, 0) is 14.4 Å². The largest absolute Gasteiger partial charge is 0.444 e. The van der Waals surface area contributed by atoms with Crippen LogP contribution in [0.1, 0.15) is 51.7 Å². The number of nitrogens with zero attached hydrogens (tertiary/aromatic N) is 2. The number of nitrogens with one attached hydrogen (secondary N) is 3. The van der Waals surface area contributed by atoms with E-state index in [0.29, 0.717) is 12.8 Å². The Morgan fingerprint density at radius 2 is 1.84 bits per heavy atom. The summed E-state index contributed by atoms with van der Waals surface area (Å²) < 4.78 is 34.1. The van der Waals surface area contributed by atoms with Crippen molar-refractivity contribution in [3.8, 4) is 0 Å². The highest BCUT2D eigenvalue weighted by atomic mass is 32.2. The van der Waals surface area contributed by atoms with E-state index in [2.05, 4.69) is 21.3 Å². The number of hydrazine groups is 1. The zero-order valence-corrected chi connectivity index (χ0v) is 22.6. The van der Waals surface area contributed by atoms with Crippen molar-refractivity contribution in [1.82, 2.24) is 21.2 Å². The summed E-state index contributed by atoms with van der Waals surface area (Å²) in [5.74, 6) is -1.62. The number of amides is 2. The van der Waals surface area contributed by atoms with Crippen LogP contribution in [-0.4, -0.2) is 39.3 Å². The highest BCUT2D eigenvalue weighted by molar-refractivity contribution is 8.15. The van der Waals surface area contributed by atoms with Gasteiger partial charge in [-0.2, -0.15) is 5.10 Å². The summed E-state index contributed by atoms with van der Waals surface area (Å²) in [7, 11) is 0. The second-order valence-electron chi connectivity index (χ2n) is 9.24. The van der Waals surface area contributed by atoms with E-state index in [1.165, 1.54) is 23.7 Å². The summed E-state index contributed by atoms with van der Waals surface area (Å²) in [4.78, 5) is 22.6. The number of hydrogen-bond donors (Lipinski definition) is 3. The SMILES string of the molecule is CC(=O)NNC(=S)N1N=C(c2cc(F)ccc2F)SC1(CCCNC(=O)OC(C)(C)C)c1ccccc1. The van der Waals surface area contributed by atoms with Crippen molar-refractivity contribution >= 4 is 46.1 Å². The lowest BCUT2D eigenvalue weighted by molar-refractivity contribution is -0.119. The van der Waals surface area contributed by atoms with E-state index in [0.717, 1.165) is 23.8 Å². The lowest BCUT2D eigenvalue weighted by Gasteiger charge is -2.37. The number of thioether (sulfide) groups is 1. The Balaban J connectivity index is 1.95. The van der Waals surface area contributed by atoms with Crippen molar-refractivity contribution in [1.29, 1.82) is 0 Å². The molecule has 0 bridgehead atoms. The van der Waals surface area contributed by atoms with E-state index >= 15 is 0 Å². The molecule has 198 valence electrons. The molecule has 2 aromatic rings. The van der Waals surface area contributed by atoms with Crippen molar-refractivity contribution in [3.63, 3.8) is 0 Å². The van der Waals surface area contributed by atoms with Crippen molar-refractivity contribution < 1.29 is 23.1 Å². The van der Waals surface area contributed by atoms with Crippen molar-refractivity contribution in [3.05, 3.63) is 71.3 Å². The molecule has 1 aliphatic heterocycles. The van der Waals surface area contributed by atoms with E-state index in [1.807, 2.05) is 30.3 Å². The van der Waals surface area contributed by atoms with Crippen LogP contribution in [0.2, 0.25) is 0 Å². The van der Waals surface area contributed by atoms with Gasteiger partial charge in [-0.1, -0.05) is 42.1 Å². The van der Waals surface area contributed by atoms with Gasteiger partial charge in [-0.3, -0.25) is 15.6 Å². The first-order valence-corrected chi connectivity index (χ1v) is 12.8. The first-order chi connectivity index (χ1) is 17.4. The van der Waals surface area contributed by atoms with Crippen LogP contribution in [0.5, 0.6) is 0 Å². The summed E-state index contributed by atoms with van der Waals surface area (Å²) in [6, 6.07) is 12.5. The molecule has 1 atom stereocenters. The van der Waals surface area contributed by atoms with Crippen LogP contribution in [0.3, 0.4) is 0 Å². The molecule has 3 N–H and O–H groups in total. The molecule has 0 spiro atoms. The van der Waals surface area contributed by atoms with Crippen molar-refractivity contribution in [2.75, 3.05) is 6.54 Å². The minimum absolute atomic E-state index is 0.0120. The van der Waals surface area contributed by atoms with Crippen LogP contribution < -0.4 is 16.2 Å². The number of rotatable bonds is 6. The maximum atomic E-state index is 14.7. The molecule has 12 heteroatoms. The number of carbonyl (C=O) groups excluding carboxylic acids is 2. The number of hydrazone groups is 1. The third kappa shape index (κ3) is 7.39. The number of ether oxygens (including phenoxy) is 1. The predicted molar refractivity (Wildman–Crippen MR) is 143 cm³/mol. The predicted octanol–water partition coefficient (Wildman–Crippen LogP) is 4.76. The number of hydrogen-bond acceptors (Lipinski definition) is 6. The molecular formula is C25H29F2N5O3S2. The highest BCUT2D eigenvalue weighted by Gasteiger charge is 2.47. The normalized spacial score (nSPS) is 17.1. The summed E-state index contributed by atoms with van der Waals surface area (Å²) in [5, 5.41) is 9.05. The van der Waals surface area contributed by atoms with Gasteiger partial charge in [0.1, 0.15) is 27.2 Å². The van der Waals surface area contributed by atoms with Crippen LogP contribution >= 0.6 is 24.0 Å². The van der Waals surface area contributed by atoms with E-state index in [4.69, 9.17) is 17.0 Å². The molecule has 1 aliphatic rings. The van der Waals surface area contributed by atoms with Gasteiger partial charge in [0.15, 0.2) is 0 Å². The fourth-order valence-electron chi connectivity index (χ4n) is 3.58. The number of halogens is 2. The minimum Gasteiger partial charge on any atom is -0.444 e. The maximum absolute atomic E-state index is 14.7. The molecule has 0 saturated heterocycles. The fourth-order valence-corrected chi connectivity index (χ4v) is 5.32. The number of alkyl carbamates (subject to hydrolysis) is 1. The first-order valence-electron chi connectivity index (χ1n) is 11.5. The molecule has 3 rings (SSSR count). The number of thiocarbonyl (C=S) groups is 1. The molecule has 1 unspecified atom stereocenters. The van der Waals surface area contributed by atoms with Gasteiger partial charge in [0, 0.05) is 19.0 Å². The molecule has 0 radical (unpaired) electrons. The Morgan fingerprint density at radius 3 is 2.49 bits per heavy atom. The van der Waals surface area contributed by atoms with Gasteiger partial charge < -0.3 is 10.1 Å². The molecule has 1 heterocycles. The Labute approximate surface area is 224 Å². The zero-order chi connectivity index (χ0) is 27.2. The summed E-state index contributed by atoms with van der Waals surface area (Å²) in [5.41, 5.74) is 5.24. The molecule has 0 fully saturated rings. The number of carbonyl (C=O) groups is 2. The monoisotopic (exact) mass is 549 g/mol. The Bertz CT molecular complexity index is 1190. The van der Waals surface area contributed by atoms with Crippen LogP contribution in [0.25, 0.3) is 0 Å². The summed E-state index contributed by atoms with van der Waals surface area (Å²) in [6.07, 6.45) is 0.316. The molecule has 0 aliphatic carbocycles. The average molecular weight is 550 g/mol. The quantitative estimate of drug-likeness (QED) is 0.272. The molecule has 2 amide bonds. The third-order valence-corrected chi connectivity index (χ3v) is 6.80. The average Bonchev–Trinajstić information content (AvgIpc) is 3.22. The smallest absolute Gasteiger partial charge is 0.407 e. The van der Waals surface area contributed by atoms with Gasteiger partial charge in [-0.15, -0.1) is 0 Å². The van der Waals surface area contributed by atoms with Crippen molar-refractivity contribution in [2.45, 2.75) is 51.0 Å². The molecule has 37 heavy (non-hydrogen) atoms. The van der Waals surface area contributed by atoms with Gasteiger partial charge in [0.2, 0.25) is 11.0 Å². The zero-order valence-electron chi connectivity index (χ0n) is 20.9. The summed E-state index contributed by atoms with van der Waals surface area (Å²) >= 11 is 6.76. The van der Waals surface area contributed by atoms with E-state index in [9.17, 15) is 18.4 Å². The fraction of sp³-hybridized carbons (Fsp3) is 0.360. The summed E-state index contributed by atoms with van der Waals surface area (Å²) in [6.45, 7) is 6.93. The molecule has 0 aromatic heterocycles. The maximum Gasteiger partial charge on any atom is 0.407 e. The van der Waals surface area contributed by atoms with E-state index in [-0.39, 0.29) is 28.2 Å². The lowest BCUT2D eigenvalue weighted by atomic mass is 10.0. The van der Waals surface area contributed by atoms with Crippen LogP contribution in [0, 0.1) is 11.6 Å². The van der Waals surface area contributed by atoms with Gasteiger partial charge in [0.05, 0.1) is 0 Å². The van der Waals surface area contributed by atoms with Gasteiger partial charge in [-0.25, -0.2) is 18.6 Å². The van der Waals surface area contributed by atoms with Gasteiger partial charge in [0.25, 0.3) is 0 Å². The third-order valence-electron chi connectivity index (χ3n) is 5.08. The number of benzene rings is 2. The molecule has 0 saturated carbocycles. The second-order valence-corrected chi connectivity index (χ2v) is 10.9. The molecule has 2 aromatic carbocycles. The Kier molecular flexibility index (Phi) is 9.08. The second kappa shape index (κ2) is 11.9. The van der Waals surface area contributed by atoms with Gasteiger partial charge in [-0.05, 0) is 69.6 Å². The standard InChI is InChI=1S/C25H29F2N5O3S2/c1-16(33)29-30-22(36)32-25(17-9-6-5-7-10-17,13-8-14-28-23(34)35-24(2,3)4)37-21(31-32)19-15-18(26)11-12-20(19)27/h5-7,9-12,15H,8,13-14H2,1-4H3,(H,28,34)(H,29,33)(H,30,36). The van der Waals surface area contributed by atoms with Gasteiger partial charge >= 0.3 is 6.09 Å². The minimum atomic E-state index is -0.993. The van der Waals surface area contributed by atoms with E-state index < -0.39 is 28.2 Å². The van der Waals surface area contributed by atoms with Crippen LogP contribution in [0.15, 0.2) is 53.6 Å².